The zero-order valence-corrected chi connectivity index (χ0v) is 12.8. The van der Waals surface area contributed by atoms with Gasteiger partial charge in [0, 0.05) is 13.0 Å². The SMILES string of the molecule is CNNC(=O)[C@]1(C)Cc2ccc(O)cc2[C@@H]1c1ccccc1. The van der Waals surface area contributed by atoms with Gasteiger partial charge in [0.15, 0.2) is 0 Å². The molecule has 22 heavy (non-hydrogen) atoms. The van der Waals surface area contributed by atoms with E-state index in [1.165, 1.54) is 0 Å². The summed E-state index contributed by atoms with van der Waals surface area (Å²) in [5.41, 5.74) is 8.08. The second-order valence-corrected chi connectivity index (χ2v) is 6.03. The lowest BCUT2D eigenvalue weighted by Crippen LogP contribution is -2.46. The molecule has 0 fully saturated rings. The second-order valence-electron chi connectivity index (χ2n) is 6.03. The molecule has 2 atom stereocenters. The molecule has 0 aromatic heterocycles. The molecule has 3 rings (SSSR count). The molecule has 0 radical (unpaired) electrons. The topological polar surface area (TPSA) is 61.4 Å². The van der Waals surface area contributed by atoms with Gasteiger partial charge in [-0.3, -0.25) is 10.2 Å². The van der Waals surface area contributed by atoms with Gasteiger partial charge in [-0.05, 0) is 42.2 Å². The summed E-state index contributed by atoms with van der Waals surface area (Å²) in [4.78, 5) is 12.7. The highest BCUT2D eigenvalue weighted by molar-refractivity contribution is 5.85. The maximum absolute atomic E-state index is 12.7. The molecule has 0 saturated carbocycles. The number of carbonyl (C=O) groups excluding carboxylic acids is 1. The van der Waals surface area contributed by atoms with Gasteiger partial charge in [0.25, 0.3) is 0 Å². The fourth-order valence-corrected chi connectivity index (χ4v) is 3.51. The van der Waals surface area contributed by atoms with Crippen molar-refractivity contribution in [2.24, 2.45) is 5.41 Å². The molecule has 0 aliphatic heterocycles. The number of phenolic OH excluding ortho intramolecular Hbond substituents is 1. The van der Waals surface area contributed by atoms with E-state index in [-0.39, 0.29) is 17.6 Å². The Morgan fingerprint density at radius 2 is 1.95 bits per heavy atom. The van der Waals surface area contributed by atoms with Gasteiger partial charge in [0.1, 0.15) is 5.75 Å². The minimum absolute atomic E-state index is 0.0421. The van der Waals surface area contributed by atoms with Crippen LogP contribution in [0.4, 0.5) is 0 Å². The third-order valence-corrected chi connectivity index (χ3v) is 4.53. The minimum atomic E-state index is -0.597. The van der Waals surface area contributed by atoms with Gasteiger partial charge in [-0.2, -0.15) is 0 Å². The molecule has 0 saturated heterocycles. The van der Waals surface area contributed by atoms with Crippen LogP contribution < -0.4 is 10.9 Å². The molecule has 2 aromatic carbocycles. The van der Waals surface area contributed by atoms with E-state index in [1.54, 1.807) is 19.2 Å². The van der Waals surface area contributed by atoms with E-state index in [2.05, 4.69) is 10.9 Å². The number of carbonyl (C=O) groups is 1. The van der Waals surface area contributed by atoms with Gasteiger partial charge in [-0.15, -0.1) is 0 Å². The molecule has 0 bridgehead atoms. The Labute approximate surface area is 130 Å². The number of hydrazine groups is 1. The molecule has 1 amide bonds. The number of phenols is 1. The Morgan fingerprint density at radius 3 is 2.64 bits per heavy atom. The third kappa shape index (κ3) is 2.25. The first-order chi connectivity index (χ1) is 10.6. The van der Waals surface area contributed by atoms with Crippen molar-refractivity contribution in [3.8, 4) is 5.75 Å². The zero-order chi connectivity index (χ0) is 15.7. The van der Waals surface area contributed by atoms with Crippen LogP contribution in [0.3, 0.4) is 0 Å². The lowest BCUT2D eigenvalue weighted by molar-refractivity contribution is -0.131. The number of benzene rings is 2. The average molecular weight is 296 g/mol. The first-order valence-corrected chi connectivity index (χ1v) is 7.40. The number of rotatable bonds is 3. The summed E-state index contributed by atoms with van der Waals surface area (Å²) in [6.07, 6.45) is 0.648. The first-order valence-electron chi connectivity index (χ1n) is 7.40. The molecule has 0 spiro atoms. The van der Waals surface area contributed by atoms with Crippen LogP contribution in [0.15, 0.2) is 48.5 Å². The standard InChI is InChI=1S/C18H20N2O2/c1-18(17(22)20-19-2)11-13-8-9-14(21)10-15(13)16(18)12-6-4-3-5-7-12/h3-10,16,19,21H,11H2,1-2H3,(H,20,22)/t16-,18+/m0/s1. The molecule has 4 nitrogen and oxygen atoms in total. The molecule has 0 unspecified atom stereocenters. The van der Waals surface area contributed by atoms with Crippen molar-refractivity contribution in [2.45, 2.75) is 19.3 Å². The van der Waals surface area contributed by atoms with E-state index in [1.807, 2.05) is 43.3 Å². The fraction of sp³-hybridized carbons (Fsp3) is 0.278. The molecule has 4 heteroatoms. The van der Waals surface area contributed by atoms with E-state index in [0.29, 0.717) is 6.42 Å². The minimum Gasteiger partial charge on any atom is -0.508 e. The van der Waals surface area contributed by atoms with Gasteiger partial charge in [0.2, 0.25) is 5.91 Å². The normalized spacial score (nSPS) is 23.1. The predicted octanol–water partition coefficient (Wildman–Crippen LogP) is 2.34. The van der Waals surface area contributed by atoms with Crippen LogP contribution >= 0.6 is 0 Å². The highest BCUT2D eigenvalue weighted by Gasteiger charge is 2.48. The van der Waals surface area contributed by atoms with Crippen molar-refractivity contribution in [2.75, 3.05) is 7.05 Å². The van der Waals surface area contributed by atoms with Crippen LogP contribution in [-0.4, -0.2) is 18.1 Å². The third-order valence-electron chi connectivity index (χ3n) is 4.53. The lowest BCUT2D eigenvalue weighted by atomic mass is 9.73. The summed E-state index contributed by atoms with van der Waals surface area (Å²) < 4.78 is 0. The van der Waals surface area contributed by atoms with E-state index in [9.17, 15) is 9.90 Å². The van der Waals surface area contributed by atoms with Gasteiger partial charge in [-0.1, -0.05) is 36.4 Å². The molecule has 2 aromatic rings. The number of hydrogen-bond donors (Lipinski definition) is 3. The van der Waals surface area contributed by atoms with Crippen LogP contribution in [0.2, 0.25) is 0 Å². The highest BCUT2D eigenvalue weighted by Crippen LogP contribution is 2.51. The van der Waals surface area contributed by atoms with Gasteiger partial charge in [-0.25, -0.2) is 5.43 Å². The number of aromatic hydroxyl groups is 1. The highest BCUT2D eigenvalue weighted by atomic mass is 16.3. The van der Waals surface area contributed by atoms with Gasteiger partial charge < -0.3 is 5.11 Å². The number of amides is 1. The van der Waals surface area contributed by atoms with E-state index < -0.39 is 5.41 Å². The van der Waals surface area contributed by atoms with E-state index in [0.717, 1.165) is 16.7 Å². The van der Waals surface area contributed by atoms with Crippen molar-refractivity contribution in [1.82, 2.24) is 10.9 Å². The molecule has 1 aliphatic rings. The largest absolute Gasteiger partial charge is 0.508 e. The van der Waals surface area contributed by atoms with Gasteiger partial charge in [0.05, 0.1) is 5.41 Å². The summed E-state index contributed by atoms with van der Waals surface area (Å²) in [5, 5.41) is 9.86. The maximum Gasteiger partial charge on any atom is 0.241 e. The van der Waals surface area contributed by atoms with Crippen molar-refractivity contribution in [1.29, 1.82) is 0 Å². The summed E-state index contributed by atoms with van der Waals surface area (Å²) in [5.74, 6) is 0.113. The lowest BCUT2D eigenvalue weighted by Gasteiger charge is -2.31. The number of nitrogens with one attached hydrogen (secondary N) is 2. The smallest absolute Gasteiger partial charge is 0.241 e. The van der Waals surface area contributed by atoms with E-state index >= 15 is 0 Å². The molecule has 0 heterocycles. The zero-order valence-electron chi connectivity index (χ0n) is 12.8. The quantitative estimate of drug-likeness (QED) is 0.762. The summed E-state index contributed by atoms with van der Waals surface area (Å²) >= 11 is 0. The summed E-state index contributed by atoms with van der Waals surface area (Å²) in [6, 6.07) is 15.4. The monoisotopic (exact) mass is 296 g/mol. The van der Waals surface area contributed by atoms with E-state index in [4.69, 9.17) is 0 Å². The van der Waals surface area contributed by atoms with Gasteiger partial charge >= 0.3 is 0 Å². The number of fused-ring (bicyclic) bond motifs is 1. The molecular formula is C18H20N2O2. The Morgan fingerprint density at radius 1 is 1.23 bits per heavy atom. The van der Waals surface area contributed by atoms with Crippen molar-refractivity contribution in [3.05, 3.63) is 65.2 Å². The molecule has 3 N–H and O–H groups in total. The van der Waals surface area contributed by atoms with Crippen LogP contribution in [0, 0.1) is 5.41 Å². The second kappa shape index (κ2) is 5.46. The molecular weight excluding hydrogens is 276 g/mol. The molecule has 1 aliphatic carbocycles. The van der Waals surface area contributed by atoms with Crippen LogP contribution in [0.5, 0.6) is 5.75 Å². The summed E-state index contributed by atoms with van der Waals surface area (Å²) in [7, 11) is 1.69. The fourth-order valence-electron chi connectivity index (χ4n) is 3.51. The van der Waals surface area contributed by atoms with Crippen molar-refractivity contribution in [3.63, 3.8) is 0 Å². The van der Waals surface area contributed by atoms with Crippen LogP contribution in [0.25, 0.3) is 0 Å². The Hall–Kier alpha value is -2.33. The van der Waals surface area contributed by atoms with Crippen LogP contribution in [0.1, 0.15) is 29.5 Å². The molecule has 114 valence electrons. The Bertz CT molecular complexity index is 699. The summed E-state index contributed by atoms with van der Waals surface area (Å²) in [6.45, 7) is 1.98. The number of hydrogen-bond acceptors (Lipinski definition) is 3. The van der Waals surface area contributed by atoms with Crippen molar-refractivity contribution < 1.29 is 9.90 Å². The predicted molar refractivity (Wildman–Crippen MR) is 85.4 cm³/mol. The Kier molecular flexibility index (Phi) is 3.62. The maximum atomic E-state index is 12.7. The van der Waals surface area contributed by atoms with Crippen LogP contribution in [-0.2, 0) is 11.2 Å². The Balaban J connectivity index is 2.14. The first kappa shape index (κ1) is 14.6. The average Bonchev–Trinajstić information content (AvgIpc) is 2.81. The van der Waals surface area contributed by atoms with Crippen molar-refractivity contribution >= 4 is 5.91 Å².